The molecule has 110 valence electrons. The third-order valence-corrected chi connectivity index (χ3v) is 4.29. The van der Waals surface area contributed by atoms with E-state index in [9.17, 15) is 0 Å². The molecule has 5 aromatic rings. The van der Waals surface area contributed by atoms with E-state index in [-0.39, 0.29) is 0 Å². The molecular formula is C19H14N4. The smallest absolute Gasteiger partial charge is 0.157 e. The number of hydrogen-bond donors (Lipinski definition) is 0. The van der Waals surface area contributed by atoms with Crippen LogP contribution in [-0.4, -0.2) is 18.9 Å². The summed E-state index contributed by atoms with van der Waals surface area (Å²) in [5.74, 6) is 0. The first kappa shape index (κ1) is 12.4. The van der Waals surface area contributed by atoms with E-state index >= 15 is 0 Å². The normalized spacial score (nSPS) is 11.7. The highest BCUT2D eigenvalue weighted by Crippen LogP contribution is 2.29. The Kier molecular flexibility index (Phi) is 2.52. The van der Waals surface area contributed by atoms with Gasteiger partial charge in [-0.15, -0.1) is 0 Å². The van der Waals surface area contributed by atoms with Gasteiger partial charge in [0.2, 0.25) is 0 Å². The molecule has 4 heteroatoms. The minimum absolute atomic E-state index is 0.820. The van der Waals surface area contributed by atoms with E-state index in [0.717, 1.165) is 23.4 Å². The van der Waals surface area contributed by atoms with Gasteiger partial charge in [-0.3, -0.25) is 9.38 Å². The van der Waals surface area contributed by atoms with Gasteiger partial charge in [-0.1, -0.05) is 48.5 Å². The molecule has 23 heavy (non-hydrogen) atoms. The molecule has 0 amide bonds. The van der Waals surface area contributed by atoms with Crippen molar-refractivity contribution in [1.82, 2.24) is 18.9 Å². The highest BCUT2D eigenvalue weighted by Gasteiger charge is 2.16. The molecule has 0 radical (unpaired) electrons. The van der Waals surface area contributed by atoms with Gasteiger partial charge in [0.05, 0.1) is 11.7 Å². The van der Waals surface area contributed by atoms with Crippen molar-refractivity contribution in [3.63, 3.8) is 0 Å². The van der Waals surface area contributed by atoms with Gasteiger partial charge in [0.25, 0.3) is 0 Å². The van der Waals surface area contributed by atoms with Crippen molar-refractivity contribution in [2.45, 2.75) is 6.54 Å². The fourth-order valence-corrected chi connectivity index (χ4v) is 3.28. The zero-order valence-electron chi connectivity index (χ0n) is 12.4. The van der Waals surface area contributed by atoms with Crippen LogP contribution in [0.15, 0.2) is 73.2 Å². The summed E-state index contributed by atoms with van der Waals surface area (Å²) in [6, 6.07) is 19.0. The molecule has 0 aliphatic rings. The largest absolute Gasteiger partial charge is 0.321 e. The second kappa shape index (κ2) is 4.68. The van der Waals surface area contributed by atoms with Crippen LogP contribution in [0.2, 0.25) is 0 Å². The third kappa shape index (κ3) is 1.78. The molecular weight excluding hydrogens is 284 g/mol. The number of fused-ring (bicyclic) bond motifs is 5. The molecule has 4 nitrogen and oxygen atoms in total. The number of imidazole rings is 1. The summed E-state index contributed by atoms with van der Waals surface area (Å²) in [6.07, 6.45) is 5.59. The Morgan fingerprint density at radius 3 is 2.65 bits per heavy atom. The van der Waals surface area contributed by atoms with Crippen LogP contribution in [0.5, 0.6) is 0 Å². The van der Waals surface area contributed by atoms with Crippen LogP contribution in [0.3, 0.4) is 0 Å². The zero-order valence-corrected chi connectivity index (χ0v) is 12.4. The predicted octanol–water partition coefficient (Wildman–Crippen LogP) is 3.89. The van der Waals surface area contributed by atoms with Crippen molar-refractivity contribution >= 4 is 27.7 Å². The molecule has 0 unspecified atom stereocenters. The van der Waals surface area contributed by atoms with E-state index in [0.29, 0.717) is 0 Å². The highest BCUT2D eigenvalue weighted by atomic mass is 15.1. The van der Waals surface area contributed by atoms with Crippen molar-refractivity contribution < 1.29 is 0 Å². The number of para-hydroxylation sites is 1. The van der Waals surface area contributed by atoms with Crippen LogP contribution >= 0.6 is 0 Å². The van der Waals surface area contributed by atoms with Crippen molar-refractivity contribution in [2.75, 3.05) is 0 Å². The summed E-state index contributed by atoms with van der Waals surface area (Å²) in [5, 5.41) is 1.18. The Balaban J connectivity index is 1.90. The van der Waals surface area contributed by atoms with E-state index in [1.54, 1.807) is 6.20 Å². The Morgan fingerprint density at radius 1 is 0.913 bits per heavy atom. The predicted molar refractivity (Wildman–Crippen MR) is 91.5 cm³/mol. The van der Waals surface area contributed by atoms with Gasteiger partial charge in [-0.25, -0.2) is 4.98 Å². The van der Waals surface area contributed by atoms with Crippen LogP contribution in [0.4, 0.5) is 0 Å². The number of aromatic nitrogens is 4. The van der Waals surface area contributed by atoms with Gasteiger partial charge in [-0.05, 0) is 11.6 Å². The van der Waals surface area contributed by atoms with Gasteiger partial charge in [0.1, 0.15) is 11.2 Å². The number of rotatable bonds is 2. The molecule has 3 aromatic heterocycles. The molecule has 0 spiro atoms. The van der Waals surface area contributed by atoms with Gasteiger partial charge >= 0.3 is 0 Å². The highest BCUT2D eigenvalue weighted by molar-refractivity contribution is 6.06. The average Bonchev–Trinajstić information content (AvgIpc) is 3.12. The summed E-state index contributed by atoms with van der Waals surface area (Å²) in [6.45, 7) is 0.820. The van der Waals surface area contributed by atoms with Gasteiger partial charge in [-0.2, -0.15) is 0 Å². The number of hydrogen-bond acceptors (Lipinski definition) is 2. The molecule has 0 N–H and O–H groups in total. The third-order valence-electron chi connectivity index (χ3n) is 4.29. The molecule has 3 heterocycles. The lowest BCUT2D eigenvalue weighted by atomic mass is 10.2. The summed E-state index contributed by atoms with van der Waals surface area (Å²) in [7, 11) is 0. The summed E-state index contributed by atoms with van der Waals surface area (Å²) in [4.78, 5) is 8.97. The molecule has 0 saturated heterocycles. The lowest BCUT2D eigenvalue weighted by Gasteiger charge is -2.08. The second-order valence-electron chi connectivity index (χ2n) is 5.68. The molecule has 0 fully saturated rings. The van der Waals surface area contributed by atoms with E-state index in [1.807, 2.05) is 18.5 Å². The molecule has 0 atom stereocenters. The van der Waals surface area contributed by atoms with Crippen LogP contribution in [-0.2, 0) is 6.54 Å². The first-order valence-electron chi connectivity index (χ1n) is 7.65. The van der Waals surface area contributed by atoms with Crippen molar-refractivity contribution in [1.29, 1.82) is 0 Å². The number of nitrogens with zero attached hydrogens (tertiary/aromatic N) is 4. The molecule has 0 aliphatic carbocycles. The minimum atomic E-state index is 0.820. The Labute approximate surface area is 132 Å². The molecule has 5 rings (SSSR count). The first-order chi connectivity index (χ1) is 11.4. The molecule has 2 aromatic carbocycles. The summed E-state index contributed by atoms with van der Waals surface area (Å²) < 4.78 is 4.45. The second-order valence-corrected chi connectivity index (χ2v) is 5.68. The minimum Gasteiger partial charge on any atom is -0.321 e. The van der Waals surface area contributed by atoms with Gasteiger partial charge in [0, 0.05) is 24.3 Å². The van der Waals surface area contributed by atoms with Crippen molar-refractivity contribution in [3.05, 3.63) is 78.8 Å². The van der Waals surface area contributed by atoms with E-state index in [4.69, 9.17) is 4.98 Å². The van der Waals surface area contributed by atoms with E-state index < -0.39 is 0 Å². The monoisotopic (exact) mass is 298 g/mol. The Hall–Kier alpha value is -3.14. The first-order valence-corrected chi connectivity index (χ1v) is 7.65. The maximum absolute atomic E-state index is 4.79. The van der Waals surface area contributed by atoms with Crippen LogP contribution in [0, 0.1) is 0 Å². The maximum atomic E-state index is 4.79. The zero-order chi connectivity index (χ0) is 15.2. The summed E-state index contributed by atoms with van der Waals surface area (Å²) >= 11 is 0. The molecule has 0 saturated carbocycles. The Bertz CT molecular complexity index is 1130. The maximum Gasteiger partial charge on any atom is 0.157 e. The van der Waals surface area contributed by atoms with Gasteiger partial charge in [0.15, 0.2) is 5.65 Å². The van der Waals surface area contributed by atoms with E-state index in [2.05, 4.69) is 62.5 Å². The molecule has 0 aliphatic heterocycles. The van der Waals surface area contributed by atoms with Crippen molar-refractivity contribution in [3.8, 4) is 0 Å². The van der Waals surface area contributed by atoms with Gasteiger partial charge < -0.3 is 4.57 Å². The fourth-order valence-electron chi connectivity index (χ4n) is 3.28. The lowest BCUT2D eigenvalue weighted by molar-refractivity contribution is 0.849. The quantitative estimate of drug-likeness (QED) is 0.495. The van der Waals surface area contributed by atoms with Crippen LogP contribution in [0.25, 0.3) is 27.7 Å². The Morgan fingerprint density at radius 2 is 1.74 bits per heavy atom. The lowest BCUT2D eigenvalue weighted by Crippen LogP contribution is -2.01. The van der Waals surface area contributed by atoms with E-state index in [1.165, 1.54) is 16.5 Å². The van der Waals surface area contributed by atoms with Crippen molar-refractivity contribution in [2.24, 2.45) is 0 Å². The van der Waals surface area contributed by atoms with Crippen LogP contribution < -0.4 is 0 Å². The average molecular weight is 298 g/mol. The number of benzene rings is 2. The standard InChI is InChI=1S/C19H14N4/c1-2-6-14(7-3-1)13-23-16-9-5-4-8-15(16)18-19(23)22-11-10-20-12-17(22)21-18/h1-12H,13H2. The molecule has 0 bridgehead atoms. The SMILES string of the molecule is c1ccc(Cn2c3ccccc3c3nc4cnccn4c32)cc1. The topological polar surface area (TPSA) is 35.1 Å². The van der Waals surface area contributed by atoms with Crippen LogP contribution in [0.1, 0.15) is 5.56 Å². The summed E-state index contributed by atoms with van der Waals surface area (Å²) in [5.41, 5.74) is 5.52. The fraction of sp³-hybridized carbons (Fsp3) is 0.0526.